The molecule has 7 nitrogen and oxygen atoms in total. The molecule has 6 rings (SSSR count). The van der Waals surface area contributed by atoms with E-state index in [1.165, 1.54) is 10.9 Å². The van der Waals surface area contributed by atoms with Crippen LogP contribution in [0.5, 0.6) is 5.75 Å². The summed E-state index contributed by atoms with van der Waals surface area (Å²) in [5.74, 6) is 1.11. The number of ether oxygens (including phenoxy) is 1. The lowest BCUT2D eigenvalue weighted by Gasteiger charge is -2.13. The first kappa shape index (κ1) is 21.9. The zero-order chi connectivity index (χ0) is 24.5. The molecule has 0 saturated carbocycles. The number of aromatic amines is 1. The number of furan rings is 1. The Morgan fingerprint density at radius 1 is 1.06 bits per heavy atom. The highest BCUT2D eigenvalue weighted by molar-refractivity contribution is 6.35. The van der Waals surface area contributed by atoms with E-state index in [1.807, 2.05) is 48.7 Å². The Kier molecular flexibility index (Phi) is 5.59. The number of rotatable bonds is 7. The van der Waals surface area contributed by atoms with Crippen LogP contribution in [0, 0.1) is 0 Å². The highest BCUT2D eigenvalue weighted by atomic mass is 16.5. The molecule has 0 radical (unpaired) electrons. The van der Waals surface area contributed by atoms with Crippen molar-refractivity contribution in [3.63, 3.8) is 0 Å². The van der Waals surface area contributed by atoms with Gasteiger partial charge in [0, 0.05) is 46.2 Å². The maximum atomic E-state index is 12.5. The van der Waals surface area contributed by atoms with Gasteiger partial charge in [0.15, 0.2) is 0 Å². The Labute approximate surface area is 207 Å². The lowest BCUT2D eigenvalue weighted by molar-refractivity contribution is -0.110. The molecule has 1 aliphatic rings. The van der Waals surface area contributed by atoms with Crippen LogP contribution in [-0.4, -0.2) is 28.5 Å². The van der Waals surface area contributed by atoms with Gasteiger partial charge in [-0.3, -0.25) is 9.78 Å². The highest BCUT2D eigenvalue weighted by Gasteiger charge is 2.25. The monoisotopic (exact) mass is 476 g/mol. The van der Waals surface area contributed by atoms with Crippen molar-refractivity contribution in [2.24, 2.45) is 5.73 Å². The molecule has 0 aliphatic carbocycles. The Hall–Kier alpha value is -4.62. The lowest BCUT2D eigenvalue weighted by atomic mass is 10.00. The van der Waals surface area contributed by atoms with Crippen molar-refractivity contribution in [3.8, 4) is 16.9 Å². The van der Waals surface area contributed by atoms with Gasteiger partial charge in [-0.1, -0.05) is 24.3 Å². The number of nitrogens with one attached hydrogen (secondary N) is 2. The third-order valence-corrected chi connectivity index (χ3v) is 6.30. The topological polar surface area (TPSA) is 106 Å². The molecule has 4 heterocycles. The summed E-state index contributed by atoms with van der Waals surface area (Å²) in [6.07, 6.45) is 9.50. The third kappa shape index (κ3) is 4.28. The Morgan fingerprint density at radius 2 is 1.97 bits per heavy atom. The number of hydrogen-bond donors (Lipinski definition) is 3. The van der Waals surface area contributed by atoms with Crippen LogP contribution in [-0.2, 0) is 11.2 Å². The molecule has 4 N–H and O–H groups in total. The number of nitrogens with zero attached hydrogens (tertiary/aromatic N) is 1. The number of nitrogens with two attached hydrogens (primary N) is 1. The summed E-state index contributed by atoms with van der Waals surface area (Å²) in [5, 5.41) is 4.09. The van der Waals surface area contributed by atoms with E-state index < -0.39 is 0 Å². The van der Waals surface area contributed by atoms with Gasteiger partial charge in [0.1, 0.15) is 18.1 Å². The fourth-order valence-corrected chi connectivity index (χ4v) is 4.53. The fourth-order valence-electron chi connectivity index (χ4n) is 4.53. The van der Waals surface area contributed by atoms with Gasteiger partial charge in [-0.25, -0.2) is 0 Å². The molecule has 0 saturated heterocycles. The second-order valence-corrected chi connectivity index (χ2v) is 8.83. The predicted molar refractivity (Wildman–Crippen MR) is 140 cm³/mol. The number of benzene rings is 2. The summed E-state index contributed by atoms with van der Waals surface area (Å²) in [6.45, 7) is 0.364. The van der Waals surface area contributed by atoms with Gasteiger partial charge < -0.3 is 25.2 Å². The SMILES string of the molecule is N[C@H](COc1cncc(-c2ccc3c(c2)C(=Cc2ccco2)C(=O)N3)c1)Cc1c[nH]c2ccccc12. The predicted octanol–water partition coefficient (Wildman–Crippen LogP) is 5.26. The Bertz CT molecular complexity index is 1580. The average molecular weight is 477 g/mol. The van der Waals surface area contributed by atoms with Crippen LogP contribution in [0.25, 0.3) is 33.7 Å². The molecule has 36 heavy (non-hydrogen) atoms. The van der Waals surface area contributed by atoms with E-state index in [4.69, 9.17) is 14.9 Å². The molecule has 2 aromatic carbocycles. The number of amides is 1. The van der Waals surface area contributed by atoms with Crippen LogP contribution in [0.15, 0.2) is 89.9 Å². The van der Waals surface area contributed by atoms with E-state index in [2.05, 4.69) is 27.4 Å². The number of pyridine rings is 1. The molecule has 1 amide bonds. The standard InChI is InChI=1S/C29H24N4O3/c30-21(10-20-15-32-27-6-2-1-5-24(20)27)17-36-23-11-19(14-31-16-23)18-7-8-28-25(12-18)26(29(34)33-28)13-22-4-3-9-35-22/h1-9,11-16,21,32H,10,17,30H2,(H,33,34)/t21-/m0/s1. The first-order valence-corrected chi connectivity index (χ1v) is 11.7. The van der Waals surface area contributed by atoms with E-state index in [9.17, 15) is 4.79 Å². The lowest BCUT2D eigenvalue weighted by Crippen LogP contribution is -2.30. The maximum absolute atomic E-state index is 12.5. The first-order valence-electron chi connectivity index (χ1n) is 11.7. The van der Waals surface area contributed by atoms with Gasteiger partial charge in [-0.05, 0) is 60.0 Å². The van der Waals surface area contributed by atoms with Gasteiger partial charge in [-0.2, -0.15) is 0 Å². The zero-order valence-electron chi connectivity index (χ0n) is 19.4. The quantitative estimate of drug-likeness (QED) is 0.278. The summed E-state index contributed by atoms with van der Waals surface area (Å²) in [5.41, 5.74) is 12.6. The van der Waals surface area contributed by atoms with Crippen LogP contribution >= 0.6 is 0 Å². The molecule has 7 heteroatoms. The summed E-state index contributed by atoms with van der Waals surface area (Å²) in [6, 6.07) is 19.4. The number of fused-ring (bicyclic) bond motifs is 2. The van der Waals surface area contributed by atoms with Crippen molar-refractivity contribution in [3.05, 3.63) is 102 Å². The van der Waals surface area contributed by atoms with Gasteiger partial charge >= 0.3 is 0 Å². The number of hydrogen-bond acceptors (Lipinski definition) is 5. The molecule has 0 fully saturated rings. The summed E-state index contributed by atoms with van der Waals surface area (Å²) in [4.78, 5) is 20.2. The van der Waals surface area contributed by atoms with E-state index in [0.717, 1.165) is 27.9 Å². The van der Waals surface area contributed by atoms with Crippen LogP contribution < -0.4 is 15.8 Å². The molecule has 3 aromatic heterocycles. The number of anilines is 1. The van der Waals surface area contributed by atoms with Crippen molar-refractivity contribution in [2.45, 2.75) is 12.5 Å². The van der Waals surface area contributed by atoms with Crippen molar-refractivity contribution in [2.75, 3.05) is 11.9 Å². The van der Waals surface area contributed by atoms with Gasteiger partial charge in [0.25, 0.3) is 5.91 Å². The average Bonchev–Trinajstić information content (AvgIpc) is 3.63. The summed E-state index contributed by atoms with van der Waals surface area (Å²) in [7, 11) is 0. The Morgan fingerprint density at radius 3 is 2.86 bits per heavy atom. The minimum atomic E-state index is -0.167. The third-order valence-electron chi connectivity index (χ3n) is 6.30. The fraction of sp³-hybridized carbons (Fsp3) is 0.103. The number of aromatic nitrogens is 2. The highest BCUT2D eigenvalue weighted by Crippen LogP contribution is 2.36. The second-order valence-electron chi connectivity index (χ2n) is 8.83. The molecule has 178 valence electrons. The summed E-state index contributed by atoms with van der Waals surface area (Å²) >= 11 is 0. The van der Waals surface area contributed by atoms with Crippen molar-refractivity contribution in [1.29, 1.82) is 0 Å². The van der Waals surface area contributed by atoms with Crippen molar-refractivity contribution >= 4 is 34.1 Å². The minimum absolute atomic E-state index is 0.155. The molecule has 0 spiro atoms. The number of H-pyrrole nitrogens is 1. The maximum Gasteiger partial charge on any atom is 0.256 e. The number of para-hydroxylation sites is 1. The molecule has 1 atom stereocenters. The van der Waals surface area contributed by atoms with Crippen LogP contribution in [0.1, 0.15) is 16.9 Å². The number of carbonyl (C=O) groups excluding carboxylic acids is 1. The van der Waals surface area contributed by atoms with E-state index in [1.54, 1.807) is 30.8 Å². The zero-order valence-corrected chi connectivity index (χ0v) is 19.4. The normalized spacial score (nSPS) is 14.7. The second kappa shape index (κ2) is 9.20. The van der Waals surface area contributed by atoms with E-state index in [0.29, 0.717) is 30.1 Å². The molecule has 0 bridgehead atoms. The smallest absolute Gasteiger partial charge is 0.256 e. The van der Waals surface area contributed by atoms with E-state index >= 15 is 0 Å². The molecule has 0 unspecified atom stereocenters. The Balaban J connectivity index is 1.18. The van der Waals surface area contributed by atoms with Crippen LogP contribution in [0.2, 0.25) is 0 Å². The number of carbonyl (C=O) groups is 1. The van der Waals surface area contributed by atoms with Gasteiger partial charge in [0.2, 0.25) is 0 Å². The first-order chi connectivity index (χ1) is 17.6. The minimum Gasteiger partial charge on any atom is -0.490 e. The van der Waals surface area contributed by atoms with Crippen molar-refractivity contribution in [1.82, 2.24) is 9.97 Å². The molecular weight excluding hydrogens is 452 g/mol. The van der Waals surface area contributed by atoms with Gasteiger partial charge in [0.05, 0.1) is 18.0 Å². The summed E-state index contributed by atoms with van der Waals surface area (Å²) < 4.78 is 11.4. The van der Waals surface area contributed by atoms with Crippen LogP contribution in [0.3, 0.4) is 0 Å². The van der Waals surface area contributed by atoms with Gasteiger partial charge in [-0.15, -0.1) is 0 Å². The largest absolute Gasteiger partial charge is 0.490 e. The molecular formula is C29H24N4O3. The van der Waals surface area contributed by atoms with Crippen LogP contribution in [0.4, 0.5) is 5.69 Å². The molecule has 1 aliphatic heterocycles. The van der Waals surface area contributed by atoms with Crippen molar-refractivity contribution < 1.29 is 13.9 Å². The molecule has 5 aromatic rings. The van der Waals surface area contributed by atoms with E-state index in [-0.39, 0.29) is 11.9 Å².